The minimum Gasteiger partial charge on any atom is -0.468 e. The van der Waals surface area contributed by atoms with E-state index in [1.54, 1.807) is 6.26 Å². The highest BCUT2D eigenvalue weighted by Gasteiger charge is 2.42. The average Bonchev–Trinajstić information content (AvgIpc) is 2.74. The lowest BCUT2D eigenvalue weighted by atomic mass is 10.1. The summed E-state index contributed by atoms with van der Waals surface area (Å²) in [5.74, 6) is 0.925. The van der Waals surface area contributed by atoms with Gasteiger partial charge in [0.15, 0.2) is 0 Å². The third kappa shape index (κ3) is 1.90. The van der Waals surface area contributed by atoms with E-state index in [-0.39, 0.29) is 5.41 Å². The molecule has 0 amide bonds. The van der Waals surface area contributed by atoms with Crippen molar-refractivity contribution in [3.05, 3.63) is 24.2 Å². The van der Waals surface area contributed by atoms with E-state index in [4.69, 9.17) is 9.68 Å². The highest BCUT2D eigenvalue weighted by Crippen LogP contribution is 2.44. The van der Waals surface area contributed by atoms with Crippen molar-refractivity contribution < 1.29 is 4.42 Å². The van der Waals surface area contributed by atoms with Gasteiger partial charge in [0.05, 0.1) is 24.3 Å². The van der Waals surface area contributed by atoms with Gasteiger partial charge in [0.2, 0.25) is 0 Å². The maximum absolute atomic E-state index is 8.80. The zero-order valence-corrected chi connectivity index (χ0v) is 7.42. The van der Waals surface area contributed by atoms with Crippen LogP contribution in [0.15, 0.2) is 22.8 Å². The van der Waals surface area contributed by atoms with Crippen molar-refractivity contribution in [2.45, 2.75) is 19.4 Å². The molecule has 0 bridgehead atoms. The number of furan rings is 1. The standard InChI is InChI=1S/C10H12N2O/c11-7-10(3-4-10)8-12-6-9-2-1-5-13-9/h1-2,5,12H,3-4,6,8H2. The fourth-order valence-electron chi connectivity index (χ4n) is 1.32. The molecule has 0 unspecified atom stereocenters. The molecule has 1 N–H and O–H groups in total. The van der Waals surface area contributed by atoms with Crippen molar-refractivity contribution in [1.29, 1.82) is 5.26 Å². The fraction of sp³-hybridized carbons (Fsp3) is 0.500. The smallest absolute Gasteiger partial charge is 0.117 e. The summed E-state index contributed by atoms with van der Waals surface area (Å²) >= 11 is 0. The van der Waals surface area contributed by atoms with Crippen molar-refractivity contribution in [2.75, 3.05) is 6.54 Å². The molecule has 1 aromatic rings. The molecule has 3 nitrogen and oxygen atoms in total. The van der Waals surface area contributed by atoms with E-state index in [1.165, 1.54) is 0 Å². The molecule has 0 spiro atoms. The Kier molecular flexibility index (Phi) is 2.07. The van der Waals surface area contributed by atoms with Gasteiger partial charge in [-0.2, -0.15) is 5.26 Å². The summed E-state index contributed by atoms with van der Waals surface area (Å²) in [6, 6.07) is 6.14. The van der Waals surface area contributed by atoms with Gasteiger partial charge in [-0.1, -0.05) is 0 Å². The molecule has 0 aliphatic heterocycles. The third-order valence-electron chi connectivity index (χ3n) is 2.43. The highest BCUT2D eigenvalue weighted by molar-refractivity contribution is 5.11. The van der Waals surface area contributed by atoms with Crippen LogP contribution in [0.25, 0.3) is 0 Å². The largest absolute Gasteiger partial charge is 0.468 e. The zero-order valence-electron chi connectivity index (χ0n) is 7.42. The first-order chi connectivity index (χ1) is 6.35. The molecule has 0 aromatic carbocycles. The quantitative estimate of drug-likeness (QED) is 0.759. The van der Waals surface area contributed by atoms with E-state index in [0.717, 1.165) is 31.7 Å². The number of hydrogen-bond donors (Lipinski definition) is 1. The van der Waals surface area contributed by atoms with Crippen LogP contribution in [0.4, 0.5) is 0 Å². The van der Waals surface area contributed by atoms with Crippen LogP contribution in [0, 0.1) is 16.7 Å². The lowest BCUT2D eigenvalue weighted by Gasteiger charge is -2.05. The highest BCUT2D eigenvalue weighted by atomic mass is 16.3. The van der Waals surface area contributed by atoms with Gasteiger partial charge < -0.3 is 9.73 Å². The first-order valence-corrected chi connectivity index (χ1v) is 4.49. The molecule has 0 saturated heterocycles. The van der Waals surface area contributed by atoms with E-state index in [9.17, 15) is 0 Å². The molecule has 2 rings (SSSR count). The summed E-state index contributed by atoms with van der Waals surface area (Å²) in [6.45, 7) is 1.50. The molecule has 68 valence electrons. The average molecular weight is 176 g/mol. The topological polar surface area (TPSA) is 49.0 Å². The van der Waals surface area contributed by atoms with Crippen molar-refractivity contribution in [2.24, 2.45) is 5.41 Å². The van der Waals surface area contributed by atoms with Gasteiger partial charge in [-0.05, 0) is 25.0 Å². The first kappa shape index (κ1) is 8.33. The van der Waals surface area contributed by atoms with Crippen LogP contribution >= 0.6 is 0 Å². The minimum absolute atomic E-state index is 0.0629. The summed E-state index contributed by atoms with van der Waals surface area (Å²) in [5, 5.41) is 12.0. The lowest BCUT2D eigenvalue weighted by Crippen LogP contribution is -2.22. The molecule has 1 saturated carbocycles. The van der Waals surface area contributed by atoms with Crippen molar-refractivity contribution >= 4 is 0 Å². The second kappa shape index (κ2) is 3.23. The molecular weight excluding hydrogens is 164 g/mol. The SMILES string of the molecule is N#CC1(CNCc2ccco2)CC1. The number of nitrogens with one attached hydrogen (secondary N) is 1. The molecule has 13 heavy (non-hydrogen) atoms. The Morgan fingerprint density at radius 1 is 1.62 bits per heavy atom. The van der Waals surface area contributed by atoms with Gasteiger partial charge >= 0.3 is 0 Å². The molecule has 3 heteroatoms. The van der Waals surface area contributed by atoms with Crippen LogP contribution in [0.2, 0.25) is 0 Å². The van der Waals surface area contributed by atoms with Gasteiger partial charge in [-0.15, -0.1) is 0 Å². The van der Waals surface area contributed by atoms with Gasteiger partial charge in [0, 0.05) is 6.54 Å². The van der Waals surface area contributed by atoms with Crippen LogP contribution in [-0.2, 0) is 6.54 Å². The van der Waals surface area contributed by atoms with Crippen molar-refractivity contribution in [1.82, 2.24) is 5.32 Å². The Morgan fingerprint density at radius 3 is 3.00 bits per heavy atom. The Balaban J connectivity index is 1.73. The van der Waals surface area contributed by atoms with Gasteiger partial charge in [0.25, 0.3) is 0 Å². The van der Waals surface area contributed by atoms with Crippen LogP contribution in [0.5, 0.6) is 0 Å². The predicted molar refractivity (Wildman–Crippen MR) is 47.7 cm³/mol. The van der Waals surface area contributed by atoms with Crippen LogP contribution in [-0.4, -0.2) is 6.54 Å². The molecule has 1 aliphatic rings. The summed E-state index contributed by atoms with van der Waals surface area (Å²) in [5.41, 5.74) is -0.0629. The van der Waals surface area contributed by atoms with Gasteiger partial charge in [0.1, 0.15) is 5.76 Å². The zero-order chi connectivity index (χ0) is 9.15. The Labute approximate surface area is 77.4 Å². The maximum Gasteiger partial charge on any atom is 0.117 e. The molecule has 0 radical (unpaired) electrons. The second-order valence-corrected chi connectivity index (χ2v) is 3.58. The first-order valence-electron chi connectivity index (χ1n) is 4.49. The van der Waals surface area contributed by atoms with Gasteiger partial charge in [-0.25, -0.2) is 0 Å². The van der Waals surface area contributed by atoms with E-state index in [2.05, 4.69) is 11.4 Å². The molecule has 1 aliphatic carbocycles. The number of nitrogens with zero attached hydrogens (tertiary/aromatic N) is 1. The van der Waals surface area contributed by atoms with Crippen molar-refractivity contribution in [3.8, 4) is 6.07 Å². The van der Waals surface area contributed by atoms with Crippen LogP contribution in [0.3, 0.4) is 0 Å². The summed E-state index contributed by atoms with van der Waals surface area (Å²) in [4.78, 5) is 0. The Morgan fingerprint density at radius 2 is 2.46 bits per heavy atom. The number of rotatable bonds is 4. The molecule has 1 fully saturated rings. The molecule has 1 aromatic heterocycles. The second-order valence-electron chi connectivity index (χ2n) is 3.58. The van der Waals surface area contributed by atoms with Crippen LogP contribution in [0.1, 0.15) is 18.6 Å². The Bertz CT molecular complexity index is 306. The van der Waals surface area contributed by atoms with E-state index in [1.807, 2.05) is 12.1 Å². The summed E-state index contributed by atoms with van der Waals surface area (Å²) in [7, 11) is 0. The maximum atomic E-state index is 8.80. The van der Waals surface area contributed by atoms with E-state index < -0.39 is 0 Å². The monoisotopic (exact) mass is 176 g/mol. The lowest BCUT2D eigenvalue weighted by molar-refractivity contribution is 0.465. The number of nitriles is 1. The third-order valence-corrected chi connectivity index (χ3v) is 2.43. The normalized spacial score (nSPS) is 18.1. The molecule has 0 atom stereocenters. The fourth-order valence-corrected chi connectivity index (χ4v) is 1.32. The summed E-state index contributed by atoms with van der Waals surface area (Å²) < 4.78 is 5.16. The Hall–Kier alpha value is -1.27. The van der Waals surface area contributed by atoms with E-state index >= 15 is 0 Å². The number of hydrogen-bond acceptors (Lipinski definition) is 3. The van der Waals surface area contributed by atoms with Crippen LogP contribution < -0.4 is 5.32 Å². The van der Waals surface area contributed by atoms with Crippen molar-refractivity contribution in [3.63, 3.8) is 0 Å². The van der Waals surface area contributed by atoms with E-state index in [0.29, 0.717) is 0 Å². The molecular formula is C10H12N2O. The summed E-state index contributed by atoms with van der Waals surface area (Å²) in [6.07, 6.45) is 3.73. The minimum atomic E-state index is -0.0629. The van der Waals surface area contributed by atoms with Gasteiger partial charge in [-0.3, -0.25) is 0 Å². The predicted octanol–water partition coefficient (Wildman–Crippen LogP) is 1.67. The molecule has 1 heterocycles.